The number of amides is 1. The molecule has 0 aliphatic rings. The molecule has 7 heteroatoms. The molecular formula is C15H20N4O3. The lowest BCUT2D eigenvalue weighted by molar-refractivity contribution is 0.0523. The van der Waals surface area contributed by atoms with Crippen molar-refractivity contribution in [3.8, 4) is 5.69 Å². The molecule has 0 radical (unpaired) electrons. The third-order valence-corrected chi connectivity index (χ3v) is 2.71. The number of nitrogens with one attached hydrogen (secondary N) is 1. The lowest BCUT2D eigenvalue weighted by Crippen LogP contribution is -2.32. The normalized spacial score (nSPS) is 11.3. The minimum Gasteiger partial charge on any atom is -0.444 e. The van der Waals surface area contributed by atoms with Gasteiger partial charge in [-0.05, 0) is 38.5 Å². The molecule has 7 nitrogen and oxygen atoms in total. The number of carbonyl (C=O) groups is 1. The average Bonchev–Trinajstić information content (AvgIpc) is 2.92. The molecule has 0 unspecified atom stereocenters. The summed E-state index contributed by atoms with van der Waals surface area (Å²) < 4.78 is 6.74. The van der Waals surface area contributed by atoms with Gasteiger partial charge in [-0.25, -0.2) is 9.48 Å². The van der Waals surface area contributed by atoms with Gasteiger partial charge in [-0.15, -0.1) is 5.10 Å². The van der Waals surface area contributed by atoms with E-state index in [1.54, 1.807) is 31.6 Å². The first-order valence-corrected chi connectivity index (χ1v) is 6.95. The number of hydrogen-bond acceptors (Lipinski definition) is 5. The molecule has 1 amide bonds. The van der Waals surface area contributed by atoms with Gasteiger partial charge in [0.1, 0.15) is 11.3 Å². The van der Waals surface area contributed by atoms with Crippen LogP contribution in [0.15, 0.2) is 30.5 Å². The van der Waals surface area contributed by atoms with E-state index in [1.165, 1.54) is 0 Å². The van der Waals surface area contributed by atoms with Crippen LogP contribution < -0.4 is 5.32 Å². The number of aliphatic hydroxyl groups excluding tert-OH is 1. The molecule has 0 bridgehead atoms. The molecule has 0 spiro atoms. The van der Waals surface area contributed by atoms with Crippen LogP contribution in [0, 0.1) is 0 Å². The average molecular weight is 304 g/mol. The summed E-state index contributed by atoms with van der Waals surface area (Å²) in [7, 11) is 0. The molecule has 1 aromatic carbocycles. The Labute approximate surface area is 128 Å². The van der Waals surface area contributed by atoms with E-state index in [-0.39, 0.29) is 13.2 Å². The Bertz CT molecular complexity index is 646. The van der Waals surface area contributed by atoms with Crippen molar-refractivity contribution in [3.63, 3.8) is 0 Å². The van der Waals surface area contributed by atoms with E-state index in [0.717, 1.165) is 11.3 Å². The monoisotopic (exact) mass is 304 g/mol. The van der Waals surface area contributed by atoms with Gasteiger partial charge in [0.05, 0.1) is 25.0 Å². The van der Waals surface area contributed by atoms with Crippen LogP contribution in [0.3, 0.4) is 0 Å². The van der Waals surface area contributed by atoms with Gasteiger partial charge in [0.15, 0.2) is 0 Å². The highest BCUT2D eigenvalue weighted by Crippen LogP contribution is 2.10. The summed E-state index contributed by atoms with van der Waals surface area (Å²) in [5, 5.41) is 19.8. The number of aromatic nitrogens is 3. The molecule has 2 N–H and O–H groups in total. The lowest BCUT2D eigenvalue weighted by atomic mass is 10.2. The number of carbonyl (C=O) groups excluding carboxylic acids is 1. The Morgan fingerprint density at radius 1 is 1.41 bits per heavy atom. The molecule has 22 heavy (non-hydrogen) atoms. The minimum atomic E-state index is -0.535. The molecule has 1 heterocycles. The van der Waals surface area contributed by atoms with Crippen molar-refractivity contribution in [3.05, 3.63) is 41.7 Å². The zero-order valence-electron chi connectivity index (χ0n) is 12.9. The summed E-state index contributed by atoms with van der Waals surface area (Å²) in [5.41, 5.74) is 1.66. The Morgan fingerprint density at radius 3 is 2.86 bits per heavy atom. The number of benzene rings is 1. The van der Waals surface area contributed by atoms with Crippen LogP contribution in [0.2, 0.25) is 0 Å². The first-order valence-electron chi connectivity index (χ1n) is 6.95. The number of aliphatic hydroxyl groups is 1. The number of ether oxygens (including phenoxy) is 1. The Morgan fingerprint density at radius 2 is 2.18 bits per heavy atom. The maximum absolute atomic E-state index is 11.6. The predicted octanol–water partition coefficient (Wildman–Crippen LogP) is 1.78. The maximum atomic E-state index is 11.6. The fourth-order valence-electron chi connectivity index (χ4n) is 1.78. The summed E-state index contributed by atoms with van der Waals surface area (Å²) >= 11 is 0. The second-order valence-corrected chi connectivity index (χ2v) is 5.84. The molecule has 1 aromatic heterocycles. The van der Waals surface area contributed by atoms with Crippen LogP contribution in [0.4, 0.5) is 4.79 Å². The van der Waals surface area contributed by atoms with Gasteiger partial charge in [0.2, 0.25) is 0 Å². The number of rotatable bonds is 4. The van der Waals surface area contributed by atoms with Crippen LogP contribution in [0.5, 0.6) is 0 Å². The summed E-state index contributed by atoms with van der Waals surface area (Å²) in [6, 6.07) is 7.34. The fourth-order valence-corrected chi connectivity index (χ4v) is 1.78. The number of hydrogen-bond donors (Lipinski definition) is 2. The predicted molar refractivity (Wildman–Crippen MR) is 80.4 cm³/mol. The zero-order valence-corrected chi connectivity index (χ0v) is 12.9. The van der Waals surface area contributed by atoms with Gasteiger partial charge >= 0.3 is 6.09 Å². The molecule has 0 aliphatic heterocycles. The maximum Gasteiger partial charge on any atom is 0.407 e. The van der Waals surface area contributed by atoms with E-state index in [1.807, 2.05) is 24.3 Å². The van der Waals surface area contributed by atoms with E-state index in [4.69, 9.17) is 9.84 Å². The molecule has 0 aliphatic carbocycles. The number of alkyl carbamates (subject to hydrolysis) is 1. The summed E-state index contributed by atoms with van der Waals surface area (Å²) in [5.74, 6) is 0. The van der Waals surface area contributed by atoms with Gasteiger partial charge in [0.25, 0.3) is 0 Å². The largest absolute Gasteiger partial charge is 0.444 e. The summed E-state index contributed by atoms with van der Waals surface area (Å²) in [6.07, 6.45) is 1.22. The van der Waals surface area contributed by atoms with Gasteiger partial charge in [0, 0.05) is 0 Å². The quantitative estimate of drug-likeness (QED) is 0.899. The van der Waals surface area contributed by atoms with Crippen LogP contribution in [0.1, 0.15) is 32.0 Å². The molecule has 118 valence electrons. The molecule has 0 fully saturated rings. The highest BCUT2D eigenvalue weighted by molar-refractivity contribution is 5.67. The van der Waals surface area contributed by atoms with Crippen LogP contribution in [-0.4, -0.2) is 31.8 Å². The summed E-state index contributed by atoms with van der Waals surface area (Å²) in [4.78, 5) is 11.6. The van der Waals surface area contributed by atoms with Crippen molar-refractivity contribution < 1.29 is 14.6 Å². The van der Waals surface area contributed by atoms with Crippen molar-refractivity contribution >= 4 is 6.09 Å². The van der Waals surface area contributed by atoms with E-state index in [0.29, 0.717) is 5.69 Å². The smallest absolute Gasteiger partial charge is 0.407 e. The van der Waals surface area contributed by atoms with Crippen LogP contribution in [0.25, 0.3) is 5.69 Å². The second-order valence-electron chi connectivity index (χ2n) is 5.84. The molecule has 0 saturated carbocycles. The molecule has 0 saturated heterocycles. The lowest BCUT2D eigenvalue weighted by Gasteiger charge is -2.19. The van der Waals surface area contributed by atoms with Gasteiger partial charge in [-0.2, -0.15) is 0 Å². The Kier molecular flexibility index (Phi) is 4.77. The van der Waals surface area contributed by atoms with Crippen molar-refractivity contribution in [2.75, 3.05) is 0 Å². The van der Waals surface area contributed by atoms with Crippen molar-refractivity contribution in [1.82, 2.24) is 20.3 Å². The SMILES string of the molecule is CC(C)(C)OC(=O)NCc1cn(-c2cccc(CO)c2)nn1. The molecule has 2 rings (SSSR count). The summed E-state index contributed by atoms with van der Waals surface area (Å²) in [6.45, 7) is 5.61. The molecular weight excluding hydrogens is 284 g/mol. The highest BCUT2D eigenvalue weighted by atomic mass is 16.6. The highest BCUT2D eigenvalue weighted by Gasteiger charge is 2.16. The van der Waals surface area contributed by atoms with Gasteiger partial charge in [-0.3, -0.25) is 0 Å². The minimum absolute atomic E-state index is 0.0321. The van der Waals surface area contributed by atoms with Gasteiger partial charge < -0.3 is 15.2 Å². The standard InChI is InChI=1S/C15H20N4O3/c1-15(2,3)22-14(21)16-8-12-9-19(18-17-12)13-6-4-5-11(7-13)10-20/h4-7,9,20H,8,10H2,1-3H3,(H,16,21). The van der Waals surface area contributed by atoms with E-state index >= 15 is 0 Å². The van der Waals surface area contributed by atoms with Crippen LogP contribution in [-0.2, 0) is 17.9 Å². The third kappa shape index (κ3) is 4.56. The van der Waals surface area contributed by atoms with Crippen molar-refractivity contribution in [1.29, 1.82) is 0 Å². The second kappa shape index (κ2) is 6.57. The molecule has 2 aromatic rings. The first-order chi connectivity index (χ1) is 10.4. The Hall–Kier alpha value is -2.41. The third-order valence-electron chi connectivity index (χ3n) is 2.71. The van der Waals surface area contributed by atoms with Gasteiger partial charge in [-0.1, -0.05) is 17.3 Å². The zero-order chi connectivity index (χ0) is 16.2. The fraction of sp³-hybridized carbons (Fsp3) is 0.400. The topological polar surface area (TPSA) is 89.3 Å². The molecule has 0 atom stereocenters. The van der Waals surface area contributed by atoms with Crippen molar-refractivity contribution in [2.24, 2.45) is 0 Å². The van der Waals surface area contributed by atoms with Crippen LogP contribution >= 0.6 is 0 Å². The number of nitrogens with zero attached hydrogens (tertiary/aromatic N) is 3. The Balaban J connectivity index is 1.98. The van der Waals surface area contributed by atoms with E-state index < -0.39 is 11.7 Å². The van der Waals surface area contributed by atoms with E-state index in [9.17, 15) is 4.79 Å². The van der Waals surface area contributed by atoms with Crippen molar-refractivity contribution in [2.45, 2.75) is 39.5 Å². The first kappa shape index (κ1) is 16.0. The van der Waals surface area contributed by atoms with E-state index in [2.05, 4.69) is 15.6 Å².